The Balaban J connectivity index is 1.84. The third kappa shape index (κ3) is 3.94. The van der Waals surface area contributed by atoms with Crippen molar-refractivity contribution in [1.82, 2.24) is 29.2 Å². The smallest absolute Gasteiger partial charge is 0.352 e. The molecule has 2 heterocycles. The monoisotopic (exact) mass is 384 g/mol. The van der Waals surface area contributed by atoms with Gasteiger partial charge in [-0.25, -0.2) is 14.5 Å². The van der Waals surface area contributed by atoms with Crippen LogP contribution >= 0.6 is 0 Å². The SMILES string of the molecule is CCN(CC)CCOc1ccc(-c2nc3c(=O)n(C)c(=O)nc-3n(C)n2)cc1. The summed E-state index contributed by atoms with van der Waals surface area (Å²) in [5.41, 5.74) is -0.280. The molecule has 1 aromatic rings. The Morgan fingerprint density at radius 3 is 2.36 bits per heavy atom. The fourth-order valence-corrected chi connectivity index (χ4v) is 2.86. The fourth-order valence-electron chi connectivity index (χ4n) is 2.86. The molecular formula is C19H24N6O3. The molecule has 28 heavy (non-hydrogen) atoms. The number of nitrogens with zero attached hydrogens (tertiary/aromatic N) is 6. The first-order valence-corrected chi connectivity index (χ1v) is 9.22. The van der Waals surface area contributed by atoms with E-state index in [1.165, 1.54) is 11.7 Å². The molecule has 3 rings (SSSR count). The van der Waals surface area contributed by atoms with E-state index in [-0.39, 0.29) is 11.5 Å². The fraction of sp³-hybridized carbons (Fsp3) is 0.421. The van der Waals surface area contributed by atoms with Crippen molar-refractivity contribution in [2.45, 2.75) is 13.8 Å². The van der Waals surface area contributed by atoms with Crippen LogP contribution in [0.25, 0.3) is 22.9 Å². The number of fused-ring (bicyclic) bond motifs is 1. The van der Waals surface area contributed by atoms with E-state index in [0.717, 1.165) is 35.5 Å². The standard InChI is InChI=1S/C19H24N6O3/c1-5-25(6-2)11-12-28-14-9-7-13(8-10-14)16-20-15-17(24(4)22-16)21-19(27)23(3)18(15)26/h7-10H,5-6,11-12H2,1-4H3. The van der Waals surface area contributed by atoms with Crippen molar-refractivity contribution in [3.8, 4) is 28.7 Å². The van der Waals surface area contributed by atoms with Crippen LogP contribution in [-0.2, 0) is 14.1 Å². The van der Waals surface area contributed by atoms with Crippen LogP contribution in [0, 0.1) is 0 Å². The molecule has 0 bridgehead atoms. The minimum atomic E-state index is -0.629. The molecule has 0 aromatic heterocycles. The number of aromatic nitrogens is 5. The number of benzene rings is 1. The molecule has 0 saturated carbocycles. The molecule has 0 saturated heterocycles. The normalized spacial score (nSPS) is 11.3. The molecule has 0 aliphatic carbocycles. The number of hydrogen-bond acceptors (Lipinski definition) is 7. The maximum atomic E-state index is 12.4. The zero-order chi connectivity index (χ0) is 20.3. The summed E-state index contributed by atoms with van der Waals surface area (Å²) in [5, 5.41) is 4.33. The molecule has 0 fully saturated rings. The number of hydrogen-bond donors (Lipinski definition) is 0. The van der Waals surface area contributed by atoms with Crippen LogP contribution in [0.5, 0.6) is 5.75 Å². The highest BCUT2D eigenvalue weighted by Crippen LogP contribution is 2.21. The zero-order valence-electron chi connectivity index (χ0n) is 16.5. The molecular weight excluding hydrogens is 360 g/mol. The molecule has 0 amide bonds. The van der Waals surface area contributed by atoms with Gasteiger partial charge in [0.05, 0.1) is 0 Å². The summed E-state index contributed by atoms with van der Waals surface area (Å²) in [5.74, 6) is 1.30. The summed E-state index contributed by atoms with van der Waals surface area (Å²) < 4.78 is 8.12. The summed E-state index contributed by atoms with van der Waals surface area (Å²) in [6.45, 7) is 7.73. The second kappa shape index (κ2) is 8.30. The van der Waals surface area contributed by atoms with Crippen molar-refractivity contribution in [3.05, 3.63) is 45.1 Å². The minimum Gasteiger partial charge on any atom is -0.492 e. The van der Waals surface area contributed by atoms with Gasteiger partial charge in [-0.15, -0.1) is 0 Å². The molecule has 9 nitrogen and oxygen atoms in total. The van der Waals surface area contributed by atoms with Crippen molar-refractivity contribution < 1.29 is 4.74 Å². The molecule has 0 radical (unpaired) electrons. The lowest BCUT2D eigenvalue weighted by atomic mass is 10.2. The van der Waals surface area contributed by atoms with E-state index in [1.54, 1.807) is 7.05 Å². The van der Waals surface area contributed by atoms with Gasteiger partial charge in [0.1, 0.15) is 12.4 Å². The Bertz CT molecular complexity index is 1040. The average Bonchev–Trinajstić information content (AvgIpc) is 2.71. The van der Waals surface area contributed by atoms with Gasteiger partial charge in [-0.1, -0.05) is 13.8 Å². The molecule has 2 aliphatic rings. The topological polar surface area (TPSA) is 95.1 Å². The van der Waals surface area contributed by atoms with Gasteiger partial charge in [-0.2, -0.15) is 10.1 Å². The average molecular weight is 384 g/mol. The highest BCUT2D eigenvalue weighted by atomic mass is 16.5. The number of rotatable bonds is 7. The maximum absolute atomic E-state index is 12.4. The van der Waals surface area contributed by atoms with E-state index >= 15 is 0 Å². The van der Waals surface area contributed by atoms with E-state index in [1.807, 2.05) is 24.3 Å². The Morgan fingerprint density at radius 1 is 1.04 bits per heavy atom. The van der Waals surface area contributed by atoms with Crippen molar-refractivity contribution in [2.24, 2.45) is 14.1 Å². The third-order valence-electron chi connectivity index (χ3n) is 4.66. The molecule has 0 unspecified atom stereocenters. The van der Waals surface area contributed by atoms with Gasteiger partial charge < -0.3 is 9.64 Å². The number of likely N-dealkylation sites (N-methyl/N-ethyl adjacent to an activating group) is 1. The van der Waals surface area contributed by atoms with Crippen LogP contribution < -0.4 is 16.0 Å². The van der Waals surface area contributed by atoms with Crippen molar-refractivity contribution in [3.63, 3.8) is 0 Å². The van der Waals surface area contributed by atoms with Gasteiger partial charge in [0.25, 0.3) is 5.56 Å². The summed E-state index contributed by atoms with van der Waals surface area (Å²) >= 11 is 0. The lowest BCUT2D eigenvalue weighted by Gasteiger charge is -2.18. The number of aryl methyl sites for hydroxylation is 1. The van der Waals surface area contributed by atoms with E-state index in [2.05, 4.69) is 33.8 Å². The van der Waals surface area contributed by atoms with Gasteiger partial charge in [0.15, 0.2) is 17.3 Å². The Hall–Kier alpha value is -3.07. The van der Waals surface area contributed by atoms with Crippen LogP contribution in [0.3, 0.4) is 0 Å². The first-order valence-electron chi connectivity index (χ1n) is 9.22. The molecule has 2 aliphatic heterocycles. The molecule has 0 spiro atoms. The molecule has 0 atom stereocenters. The zero-order valence-corrected chi connectivity index (χ0v) is 16.5. The lowest BCUT2D eigenvalue weighted by molar-refractivity contribution is 0.223. The van der Waals surface area contributed by atoms with Crippen molar-refractivity contribution in [1.29, 1.82) is 0 Å². The van der Waals surface area contributed by atoms with E-state index < -0.39 is 11.2 Å². The Kier molecular flexibility index (Phi) is 5.84. The summed E-state index contributed by atoms with van der Waals surface area (Å²) in [7, 11) is 3.01. The molecule has 1 aromatic carbocycles. The molecule has 9 heteroatoms. The van der Waals surface area contributed by atoms with Gasteiger partial charge in [0.2, 0.25) is 0 Å². The third-order valence-corrected chi connectivity index (χ3v) is 4.66. The van der Waals surface area contributed by atoms with Crippen LogP contribution in [0.2, 0.25) is 0 Å². The lowest BCUT2D eigenvalue weighted by Crippen LogP contribution is -2.36. The second-order valence-corrected chi connectivity index (χ2v) is 6.39. The highest BCUT2D eigenvalue weighted by Gasteiger charge is 2.19. The largest absolute Gasteiger partial charge is 0.492 e. The highest BCUT2D eigenvalue weighted by molar-refractivity contribution is 5.60. The van der Waals surface area contributed by atoms with Crippen LogP contribution in [0.4, 0.5) is 0 Å². The van der Waals surface area contributed by atoms with Crippen LogP contribution in [0.1, 0.15) is 13.8 Å². The van der Waals surface area contributed by atoms with Gasteiger partial charge in [0, 0.05) is 26.2 Å². The van der Waals surface area contributed by atoms with E-state index in [0.29, 0.717) is 12.4 Å². The molecule has 148 valence electrons. The second-order valence-electron chi connectivity index (χ2n) is 6.39. The van der Waals surface area contributed by atoms with E-state index in [9.17, 15) is 9.59 Å². The van der Waals surface area contributed by atoms with Crippen LogP contribution in [0.15, 0.2) is 33.9 Å². The molecule has 0 N–H and O–H groups in total. The summed E-state index contributed by atoms with van der Waals surface area (Å²) in [4.78, 5) is 34.6. The summed E-state index contributed by atoms with van der Waals surface area (Å²) in [6.07, 6.45) is 0. The Labute approximate surface area is 162 Å². The first kappa shape index (κ1) is 19.7. The van der Waals surface area contributed by atoms with Crippen LogP contribution in [-0.4, -0.2) is 55.5 Å². The minimum absolute atomic E-state index is 0.106. The van der Waals surface area contributed by atoms with Gasteiger partial charge >= 0.3 is 5.69 Å². The van der Waals surface area contributed by atoms with Gasteiger partial charge in [-0.3, -0.25) is 9.36 Å². The van der Waals surface area contributed by atoms with E-state index in [4.69, 9.17) is 4.74 Å². The maximum Gasteiger partial charge on any atom is 0.352 e. The van der Waals surface area contributed by atoms with Gasteiger partial charge in [-0.05, 0) is 37.4 Å². The predicted octanol–water partition coefficient (Wildman–Crippen LogP) is 0.761. The van der Waals surface area contributed by atoms with Crippen molar-refractivity contribution >= 4 is 0 Å². The summed E-state index contributed by atoms with van der Waals surface area (Å²) in [6, 6.07) is 7.38. The predicted molar refractivity (Wildman–Crippen MR) is 106 cm³/mol. The quantitative estimate of drug-likeness (QED) is 0.593. The van der Waals surface area contributed by atoms with Crippen molar-refractivity contribution in [2.75, 3.05) is 26.2 Å². The first-order chi connectivity index (χ1) is 13.4. The number of ether oxygens (including phenoxy) is 1. The Morgan fingerprint density at radius 2 is 1.71 bits per heavy atom.